The lowest BCUT2D eigenvalue weighted by molar-refractivity contribution is 0.562. The van der Waals surface area contributed by atoms with Gasteiger partial charge in [-0.3, -0.25) is 0 Å². The van der Waals surface area contributed by atoms with Crippen LogP contribution in [0.1, 0.15) is 6.42 Å². The maximum Gasteiger partial charge on any atom is 0.234 e. The van der Waals surface area contributed by atoms with Crippen LogP contribution >= 0.6 is 0 Å². The van der Waals surface area contributed by atoms with Gasteiger partial charge in [0, 0.05) is 0 Å². The summed E-state index contributed by atoms with van der Waals surface area (Å²) >= 11 is 0. The zero-order valence-electron chi connectivity index (χ0n) is 8.09. The van der Waals surface area contributed by atoms with E-state index in [9.17, 15) is 4.79 Å². The van der Waals surface area contributed by atoms with E-state index in [1.54, 1.807) is 0 Å². The van der Waals surface area contributed by atoms with Crippen LogP contribution in [0.4, 0.5) is 0 Å². The number of hydrogen-bond acceptors (Lipinski definition) is 3. The van der Waals surface area contributed by atoms with Crippen molar-refractivity contribution in [1.29, 1.82) is 0 Å². The van der Waals surface area contributed by atoms with Crippen molar-refractivity contribution in [2.24, 2.45) is 4.99 Å². The highest BCUT2D eigenvalue weighted by atomic mass is 28.4. The summed E-state index contributed by atoms with van der Waals surface area (Å²) in [6.45, 7) is 7.21. The molecule has 0 atom stereocenters. The number of isocyanates is 1. The molecule has 0 bridgehead atoms. The first-order valence-electron chi connectivity index (χ1n) is 4.24. The molecule has 0 saturated carbocycles. The Morgan fingerprint density at radius 2 is 2.17 bits per heavy atom. The third-order valence-electron chi connectivity index (χ3n) is 1.26. The average molecular weight is 203 g/mol. The molecule has 0 aromatic carbocycles. The minimum absolute atomic E-state index is 0.349. The molecule has 0 radical (unpaired) electrons. The molecular weight excluding hydrogens is 186 g/mol. The second-order valence-corrected chi connectivity index (χ2v) is 10.1. The van der Waals surface area contributed by atoms with Gasteiger partial charge in [0.15, 0.2) is 8.32 Å². The molecule has 5 heteroatoms. The third kappa shape index (κ3) is 9.77. The number of aliphatic imine (C=N–C) groups is 1. The monoisotopic (exact) mass is 203 g/mol. The second-order valence-electron chi connectivity index (χ2n) is 3.64. The predicted octanol–water partition coefficient (Wildman–Crippen LogP) is 1.07. The Bertz CT molecular complexity index is 161. The molecule has 0 unspecified atom stereocenters. The number of nitrogens with zero attached hydrogens (tertiary/aromatic N) is 1. The Balaban J connectivity index is 3.16. The molecule has 0 aromatic rings. The Labute approximate surface area is 77.3 Å². The summed E-state index contributed by atoms with van der Waals surface area (Å²) in [5.74, 6) is 0. The SMILES string of the molecule is C[Si](C)(C)O[SiH2]CCCN=C=O. The number of carbonyl (C=O) groups excluding carboxylic acids is 1. The summed E-state index contributed by atoms with van der Waals surface area (Å²) in [6, 6.07) is 1.12. The van der Waals surface area contributed by atoms with E-state index in [1.807, 2.05) is 0 Å². The first kappa shape index (κ1) is 11.8. The molecule has 0 saturated heterocycles. The van der Waals surface area contributed by atoms with E-state index >= 15 is 0 Å². The van der Waals surface area contributed by atoms with Crippen LogP contribution in [-0.4, -0.2) is 30.7 Å². The minimum Gasteiger partial charge on any atom is -0.461 e. The molecular formula is C7H17NO2Si2. The molecule has 0 heterocycles. The van der Waals surface area contributed by atoms with Gasteiger partial charge in [-0.2, -0.15) is 0 Å². The van der Waals surface area contributed by atoms with Crippen molar-refractivity contribution < 1.29 is 8.91 Å². The quantitative estimate of drug-likeness (QED) is 0.280. The summed E-state index contributed by atoms with van der Waals surface area (Å²) in [6.07, 6.45) is 2.51. The summed E-state index contributed by atoms with van der Waals surface area (Å²) in [5, 5.41) is 0. The lowest BCUT2D eigenvalue weighted by Crippen LogP contribution is -2.27. The Hall–Kier alpha value is -0.226. The maximum absolute atomic E-state index is 9.69. The summed E-state index contributed by atoms with van der Waals surface area (Å²) < 4.78 is 5.75. The van der Waals surface area contributed by atoms with Gasteiger partial charge >= 0.3 is 0 Å². The highest BCUT2D eigenvalue weighted by molar-refractivity contribution is 6.73. The van der Waals surface area contributed by atoms with Gasteiger partial charge < -0.3 is 4.12 Å². The smallest absolute Gasteiger partial charge is 0.234 e. The highest BCUT2D eigenvalue weighted by Crippen LogP contribution is 2.02. The van der Waals surface area contributed by atoms with Gasteiger partial charge in [0.2, 0.25) is 6.08 Å². The lowest BCUT2D eigenvalue weighted by atomic mass is 10.5. The molecule has 12 heavy (non-hydrogen) atoms. The van der Waals surface area contributed by atoms with Gasteiger partial charge in [0.25, 0.3) is 0 Å². The summed E-state index contributed by atoms with van der Waals surface area (Å²) in [7, 11) is -1.62. The Morgan fingerprint density at radius 3 is 2.67 bits per heavy atom. The van der Waals surface area contributed by atoms with Crippen molar-refractivity contribution >= 4 is 24.2 Å². The van der Waals surface area contributed by atoms with Crippen molar-refractivity contribution in [1.82, 2.24) is 0 Å². The van der Waals surface area contributed by atoms with E-state index in [4.69, 9.17) is 4.12 Å². The summed E-state index contributed by atoms with van der Waals surface area (Å²) in [4.78, 5) is 13.2. The molecule has 0 aliphatic carbocycles. The van der Waals surface area contributed by atoms with Crippen molar-refractivity contribution in [3.05, 3.63) is 0 Å². The molecule has 0 aromatic heterocycles. The third-order valence-corrected chi connectivity index (χ3v) is 6.33. The first-order valence-corrected chi connectivity index (χ1v) is 9.22. The van der Waals surface area contributed by atoms with Crippen LogP contribution in [0.15, 0.2) is 4.99 Å². The van der Waals surface area contributed by atoms with E-state index in [0.29, 0.717) is 6.54 Å². The van der Waals surface area contributed by atoms with Gasteiger partial charge in [-0.15, -0.1) is 0 Å². The molecule has 0 amide bonds. The molecule has 0 aliphatic heterocycles. The molecule has 0 aliphatic rings. The van der Waals surface area contributed by atoms with E-state index in [1.165, 1.54) is 6.08 Å². The first-order chi connectivity index (χ1) is 5.56. The molecule has 0 spiro atoms. The van der Waals surface area contributed by atoms with Crippen LogP contribution < -0.4 is 0 Å². The van der Waals surface area contributed by atoms with Crippen molar-refractivity contribution in [2.45, 2.75) is 32.1 Å². The van der Waals surface area contributed by atoms with Crippen LogP contribution in [0.5, 0.6) is 0 Å². The predicted molar refractivity (Wildman–Crippen MR) is 55.4 cm³/mol. The van der Waals surface area contributed by atoms with Gasteiger partial charge in [-0.1, -0.05) is 0 Å². The van der Waals surface area contributed by atoms with Crippen molar-refractivity contribution in [3.63, 3.8) is 0 Å². The zero-order valence-corrected chi connectivity index (χ0v) is 10.5. The zero-order chi connectivity index (χ0) is 9.45. The van der Waals surface area contributed by atoms with Crippen molar-refractivity contribution in [2.75, 3.05) is 6.54 Å². The van der Waals surface area contributed by atoms with Gasteiger partial charge in [-0.05, 0) is 32.1 Å². The van der Waals surface area contributed by atoms with Gasteiger partial charge in [0.1, 0.15) is 9.76 Å². The summed E-state index contributed by atoms with van der Waals surface area (Å²) in [5.41, 5.74) is 0. The minimum atomic E-state index is -1.27. The number of hydrogen-bond donors (Lipinski definition) is 0. The molecule has 0 rings (SSSR count). The van der Waals surface area contributed by atoms with Crippen LogP contribution in [0.2, 0.25) is 25.7 Å². The van der Waals surface area contributed by atoms with Crippen molar-refractivity contribution in [3.8, 4) is 0 Å². The van der Waals surface area contributed by atoms with Gasteiger partial charge in [-0.25, -0.2) is 9.79 Å². The normalized spacial score (nSPS) is 11.9. The fourth-order valence-electron chi connectivity index (χ4n) is 0.717. The molecule has 0 fully saturated rings. The lowest BCUT2D eigenvalue weighted by Gasteiger charge is -2.16. The Morgan fingerprint density at radius 1 is 1.50 bits per heavy atom. The van der Waals surface area contributed by atoms with E-state index in [0.717, 1.165) is 12.5 Å². The van der Waals surface area contributed by atoms with E-state index in [-0.39, 0.29) is 9.76 Å². The molecule has 3 nitrogen and oxygen atoms in total. The maximum atomic E-state index is 9.69. The highest BCUT2D eigenvalue weighted by Gasteiger charge is 2.12. The van der Waals surface area contributed by atoms with E-state index < -0.39 is 8.32 Å². The standard InChI is InChI=1S/C7H17NO2Si2/c1-12(2,3)10-11-6-4-5-8-7-9/h4-6,11H2,1-3H3. The second kappa shape index (κ2) is 6.31. The molecule has 0 N–H and O–H groups in total. The van der Waals surface area contributed by atoms with E-state index in [2.05, 4.69) is 24.6 Å². The topological polar surface area (TPSA) is 38.7 Å². The van der Waals surface area contributed by atoms with Crippen LogP contribution in [0.3, 0.4) is 0 Å². The molecule has 70 valence electrons. The largest absolute Gasteiger partial charge is 0.461 e. The number of rotatable bonds is 6. The average Bonchev–Trinajstić information content (AvgIpc) is 1.94. The van der Waals surface area contributed by atoms with Crippen LogP contribution in [0, 0.1) is 0 Å². The fourth-order valence-corrected chi connectivity index (χ4v) is 4.17. The fraction of sp³-hybridized carbons (Fsp3) is 0.857. The van der Waals surface area contributed by atoms with Crippen LogP contribution in [-0.2, 0) is 8.91 Å². The Kier molecular flexibility index (Phi) is 6.19. The van der Waals surface area contributed by atoms with Crippen LogP contribution in [0.25, 0.3) is 0 Å². The van der Waals surface area contributed by atoms with Gasteiger partial charge in [0.05, 0.1) is 6.54 Å².